The van der Waals surface area contributed by atoms with Gasteiger partial charge in [-0.05, 0) is 20.3 Å². The number of halogens is 3. The molecule has 5 nitrogen and oxygen atoms in total. The molecule has 1 aromatic heterocycles. The van der Waals surface area contributed by atoms with Gasteiger partial charge in [-0.3, -0.25) is 0 Å². The first-order valence-electron chi connectivity index (χ1n) is 6.38. The summed E-state index contributed by atoms with van der Waals surface area (Å²) < 4.78 is 47.7. The van der Waals surface area contributed by atoms with Crippen molar-refractivity contribution in [3.05, 3.63) is 11.7 Å². The first kappa shape index (κ1) is 16.9. The molecule has 1 aromatic rings. The van der Waals surface area contributed by atoms with Crippen molar-refractivity contribution in [3.8, 4) is 0 Å². The van der Waals surface area contributed by atoms with E-state index in [1.807, 2.05) is 6.92 Å². The third kappa shape index (κ3) is 3.49. The van der Waals surface area contributed by atoms with Crippen LogP contribution in [0.15, 0.2) is 4.52 Å². The molecule has 0 spiro atoms. The van der Waals surface area contributed by atoms with Crippen LogP contribution in [0.25, 0.3) is 0 Å². The standard InChI is InChI=1S/C12H19F3N2O3/c1-5-11(4,19-6-2)10-16-9(20-17-10)7(3)8(18)12(13,14)15/h7-8,18H,5-6H2,1-4H3. The van der Waals surface area contributed by atoms with E-state index < -0.39 is 23.8 Å². The minimum Gasteiger partial charge on any atom is -0.383 e. The number of nitrogens with zero attached hydrogens (tertiary/aromatic N) is 2. The highest BCUT2D eigenvalue weighted by Gasteiger charge is 2.44. The molecule has 1 heterocycles. The lowest BCUT2D eigenvalue weighted by Crippen LogP contribution is -2.33. The first-order valence-corrected chi connectivity index (χ1v) is 6.38. The van der Waals surface area contributed by atoms with Gasteiger partial charge in [0.1, 0.15) is 5.60 Å². The lowest BCUT2D eigenvalue weighted by atomic mass is 10.0. The summed E-state index contributed by atoms with van der Waals surface area (Å²) in [5.41, 5.74) is -0.820. The van der Waals surface area contributed by atoms with E-state index in [0.29, 0.717) is 13.0 Å². The highest BCUT2D eigenvalue weighted by molar-refractivity contribution is 5.03. The second kappa shape index (κ2) is 6.09. The highest BCUT2D eigenvalue weighted by Crippen LogP contribution is 2.32. The van der Waals surface area contributed by atoms with Crippen molar-refractivity contribution >= 4 is 0 Å². The molecule has 0 aromatic carbocycles. The minimum absolute atomic E-state index is 0.179. The summed E-state index contributed by atoms with van der Waals surface area (Å²) in [5, 5.41) is 12.9. The number of aromatic nitrogens is 2. The van der Waals surface area contributed by atoms with E-state index in [2.05, 4.69) is 10.1 Å². The van der Waals surface area contributed by atoms with Crippen LogP contribution in [0.5, 0.6) is 0 Å². The van der Waals surface area contributed by atoms with Crippen LogP contribution in [0, 0.1) is 0 Å². The molecule has 3 unspecified atom stereocenters. The summed E-state index contributed by atoms with van der Waals surface area (Å²) in [4.78, 5) is 3.94. The van der Waals surface area contributed by atoms with Gasteiger partial charge < -0.3 is 14.4 Å². The third-order valence-electron chi connectivity index (χ3n) is 3.25. The monoisotopic (exact) mass is 296 g/mol. The topological polar surface area (TPSA) is 68.4 Å². The van der Waals surface area contributed by atoms with E-state index in [1.54, 1.807) is 13.8 Å². The summed E-state index contributed by atoms with van der Waals surface area (Å²) in [6, 6.07) is 0. The lowest BCUT2D eigenvalue weighted by Gasteiger charge is -2.24. The molecule has 1 rings (SSSR count). The molecule has 0 aliphatic heterocycles. The van der Waals surface area contributed by atoms with Crippen molar-refractivity contribution in [3.63, 3.8) is 0 Å². The molecule has 0 saturated carbocycles. The maximum Gasteiger partial charge on any atom is 0.415 e. The number of aliphatic hydroxyl groups is 1. The lowest BCUT2D eigenvalue weighted by molar-refractivity contribution is -0.210. The predicted octanol–water partition coefficient (Wildman–Crippen LogP) is 2.76. The second-order valence-electron chi connectivity index (χ2n) is 4.75. The number of hydrogen-bond acceptors (Lipinski definition) is 5. The Kier molecular flexibility index (Phi) is 5.15. The summed E-state index contributed by atoms with van der Waals surface area (Å²) in [6.45, 7) is 6.97. The number of hydrogen-bond donors (Lipinski definition) is 1. The molecule has 20 heavy (non-hydrogen) atoms. The molecule has 0 radical (unpaired) electrons. The molecule has 0 fully saturated rings. The van der Waals surface area contributed by atoms with Gasteiger partial charge >= 0.3 is 6.18 Å². The van der Waals surface area contributed by atoms with Crippen LogP contribution in [0.2, 0.25) is 0 Å². The fourth-order valence-electron chi connectivity index (χ4n) is 1.70. The number of rotatable bonds is 6. The Morgan fingerprint density at radius 3 is 2.40 bits per heavy atom. The molecular weight excluding hydrogens is 277 g/mol. The molecule has 0 bridgehead atoms. The van der Waals surface area contributed by atoms with Crippen LogP contribution in [0.1, 0.15) is 51.7 Å². The summed E-state index contributed by atoms with van der Waals surface area (Å²) in [7, 11) is 0. The van der Waals surface area contributed by atoms with Gasteiger partial charge in [-0.2, -0.15) is 18.2 Å². The van der Waals surface area contributed by atoms with E-state index in [1.165, 1.54) is 6.92 Å². The summed E-state index contributed by atoms with van der Waals surface area (Å²) >= 11 is 0. The Hall–Kier alpha value is -1.15. The predicted molar refractivity (Wildman–Crippen MR) is 64.0 cm³/mol. The molecule has 1 N–H and O–H groups in total. The molecule has 0 aliphatic carbocycles. The average molecular weight is 296 g/mol. The number of alkyl halides is 3. The Balaban J connectivity index is 2.97. The number of aliphatic hydroxyl groups excluding tert-OH is 1. The van der Waals surface area contributed by atoms with Crippen molar-refractivity contribution < 1.29 is 27.5 Å². The van der Waals surface area contributed by atoms with Crippen LogP contribution in [-0.2, 0) is 10.3 Å². The van der Waals surface area contributed by atoms with Gasteiger partial charge in [0.2, 0.25) is 11.7 Å². The van der Waals surface area contributed by atoms with Gasteiger partial charge in [-0.1, -0.05) is 19.0 Å². The maximum absolute atomic E-state index is 12.4. The van der Waals surface area contributed by atoms with Gasteiger partial charge in [-0.15, -0.1) is 0 Å². The van der Waals surface area contributed by atoms with Crippen molar-refractivity contribution in [2.45, 2.75) is 57.9 Å². The van der Waals surface area contributed by atoms with Crippen molar-refractivity contribution in [1.82, 2.24) is 10.1 Å². The normalized spacial score (nSPS) is 18.6. The van der Waals surface area contributed by atoms with Crippen molar-refractivity contribution in [2.24, 2.45) is 0 Å². The van der Waals surface area contributed by atoms with Crippen molar-refractivity contribution in [1.29, 1.82) is 0 Å². The van der Waals surface area contributed by atoms with Crippen LogP contribution < -0.4 is 0 Å². The van der Waals surface area contributed by atoms with Gasteiger partial charge in [0.25, 0.3) is 0 Å². The van der Waals surface area contributed by atoms with Crippen LogP contribution in [0.4, 0.5) is 13.2 Å². The molecule has 0 saturated heterocycles. The largest absolute Gasteiger partial charge is 0.415 e. The molecule has 0 aliphatic rings. The van der Waals surface area contributed by atoms with Crippen LogP contribution in [-0.4, -0.2) is 34.1 Å². The van der Waals surface area contributed by atoms with E-state index in [4.69, 9.17) is 9.26 Å². The quantitative estimate of drug-likeness (QED) is 0.874. The maximum atomic E-state index is 12.4. The molecule has 0 amide bonds. The fourth-order valence-corrected chi connectivity index (χ4v) is 1.70. The Bertz CT molecular complexity index is 436. The van der Waals surface area contributed by atoms with E-state index >= 15 is 0 Å². The van der Waals surface area contributed by atoms with E-state index in [0.717, 1.165) is 0 Å². The van der Waals surface area contributed by atoms with Gasteiger partial charge in [0, 0.05) is 6.61 Å². The van der Waals surface area contributed by atoms with Crippen LogP contribution >= 0.6 is 0 Å². The van der Waals surface area contributed by atoms with Gasteiger partial charge in [0.15, 0.2) is 6.10 Å². The zero-order chi connectivity index (χ0) is 15.6. The Morgan fingerprint density at radius 2 is 1.95 bits per heavy atom. The Labute approximate surface area is 115 Å². The molecular formula is C12H19F3N2O3. The van der Waals surface area contributed by atoms with E-state index in [9.17, 15) is 18.3 Å². The molecule has 8 heteroatoms. The summed E-state index contributed by atoms with van der Waals surface area (Å²) in [5.74, 6) is -1.42. The SMILES string of the molecule is CCOC(C)(CC)c1noc(C(C)C(O)C(F)(F)F)n1. The summed E-state index contributed by atoms with van der Waals surface area (Å²) in [6.07, 6.45) is -6.74. The highest BCUT2D eigenvalue weighted by atomic mass is 19.4. The van der Waals surface area contributed by atoms with Gasteiger partial charge in [-0.25, -0.2) is 0 Å². The third-order valence-corrected chi connectivity index (χ3v) is 3.25. The van der Waals surface area contributed by atoms with Crippen LogP contribution in [0.3, 0.4) is 0 Å². The second-order valence-corrected chi connectivity index (χ2v) is 4.75. The van der Waals surface area contributed by atoms with E-state index in [-0.39, 0.29) is 11.7 Å². The zero-order valence-corrected chi connectivity index (χ0v) is 11.9. The fraction of sp³-hybridized carbons (Fsp3) is 0.833. The molecule has 3 atom stereocenters. The Morgan fingerprint density at radius 1 is 1.35 bits per heavy atom. The average Bonchev–Trinajstić information content (AvgIpc) is 2.86. The smallest absolute Gasteiger partial charge is 0.383 e. The van der Waals surface area contributed by atoms with Crippen molar-refractivity contribution in [2.75, 3.05) is 6.61 Å². The minimum atomic E-state index is -4.73. The first-order chi connectivity index (χ1) is 9.15. The number of ether oxygens (including phenoxy) is 1. The zero-order valence-electron chi connectivity index (χ0n) is 11.9. The van der Waals surface area contributed by atoms with Gasteiger partial charge in [0.05, 0.1) is 5.92 Å². The molecule has 116 valence electrons.